The van der Waals surface area contributed by atoms with Gasteiger partial charge in [-0.2, -0.15) is 0 Å². The highest BCUT2D eigenvalue weighted by molar-refractivity contribution is 9.10. The molecule has 168 valence electrons. The molecule has 0 heterocycles. The third kappa shape index (κ3) is 5.49. The lowest BCUT2D eigenvalue weighted by Crippen LogP contribution is -2.41. The zero-order chi connectivity index (χ0) is 23.3. The number of benzene rings is 3. The summed E-state index contributed by atoms with van der Waals surface area (Å²) in [4.78, 5) is 12.9. The molecule has 1 amide bonds. The van der Waals surface area contributed by atoms with E-state index >= 15 is 0 Å². The van der Waals surface area contributed by atoms with Crippen molar-refractivity contribution in [3.8, 4) is 5.75 Å². The first kappa shape index (κ1) is 23.8. The summed E-state index contributed by atoms with van der Waals surface area (Å²) in [6.07, 6.45) is 0. The van der Waals surface area contributed by atoms with Crippen LogP contribution in [0.1, 0.15) is 24.1 Å². The first-order chi connectivity index (χ1) is 15.2. The fraction of sp³-hybridized carbons (Fsp3) is 0.208. The van der Waals surface area contributed by atoms with Crippen molar-refractivity contribution in [2.24, 2.45) is 0 Å². The molecular weight excluding hydrogens is 492 g/mol. The van der Waals surface area contributed by atoms with Crippen LogP contribution in [0.15, 0.2) is 82.2 Å². The first-order valence-electron chi connectivity index (χ1n) is 9.99. The minimum absolute atomic E-state index is 0.0506. The summed E-state index contributed by atoms with van der Waals surface area (Å²) in [5, 5.41) is 2.89. The molecule has 3 aromatic carbocycles. The molecule has 6 nitrogen and oxygen atoms in total. The molecule has 0 saturated heterocycles. The Hall–Kier alpha value is -2.84. The SMILES string of the molecule is COc1ccc(S(=O)(=O)N(CC(=O)N[C@@H](C)c2ccccc2)c2ccc(C)cc2)cc1Br. The Balaban J connectivity index is 1.92. The van der Waals surface area contributed by atoms with Gasteiger partial charge in [0.05, 0.1) is 28.2 Å². The Morgan fingerprint density at radius 1 is 1.06 bits per heavy atom. The molecule has 3 rings (SSSR count). The van der Waals surface area contributed by atoms with E-state index in [2.05, 4.69) is 21.2 Å². The molecule has 8 heteroatoms. The van der Waals surface area contributed by atoms with Crippen molar-refractivity contribution in [3.63, 3.8) is 0 Å². The van der Waals surface area contributed by atoms with E-state index in [1.165, 1.54) is 19.2 Å². The van der Waals surface area contributed by atoms with E-state index < -0.39 is 15.9 Å². The van der Waals surface area contributed by atoms with E-state index in [0.29, 0.717) is 15.9 Å². The predicted molar refractivity (Wildman–Crippen MR) is 129 cm³/mol. The van der Waals surface area contributed by atoms with Gasteiger partial charge in [0.2, 0.25) is 5.91 Å². The minimum atomic E-state index is -4.02. The van der Waals surface area contributed by atoms with Crippen LogP contribution in [0.3, 0.4) is 0 Å². The van der Waals surface area contributed by atoms with Crippen molar-refractivity contribution in [2.75, 3.05) is 18.0 Å². The molecule has 1 N–H and O–H groups in total. The fourth-order valence-corrected chi connectivity index (χ4v) is 5.34. The second kappa shape index (κ2) is 10.2. The second-order valence-corrected chi connectivity index (χ2v) is 10.1. The zero-order valence-electron chi connectivity index (χ0n) is 18.1. The van der Waals surface area contributed by atoms with Crippen molar-refractivity contribution < 1.29 is 17.9 Å². The molecule has 0 radical (unpaired) electrons. The highest BCUT2D eigenvalue weighted by atomic mass is 79.9. The van der Waals surface area contributed by atoms with Gasteiger partial charge in [0.15, 0.2) is 0 Å². The van der Waals surface area contributed by atoms with E-state index in [0.717, 1.165) is 15.4 Å². The van der Waals surface area contributed by atoms with Crippen molar-refractivity contribution in [1.82, 2.24) is 5.32 Å². The number of hydrogen-bond donors (Lipinski definition) is 1. The number of rotatable bonds is 8. The number of carbonyl (C=O) groups is 1. The number of aryl methyl sites for hydroxylation is 1. The summed E-state index contributed by atoms with van der Waals surface area (Å²) in [5.74, 6) is 0.110. The van der Waals surface area contributed by atoms with Gasteiger partial charge in [0.1, 0.15) is 12.3 Å². The fourth-order valence-electron chi connectivity index (χ4n) is 3.20. The Labute approximate surface area is 197 Å². The van der Waals surface area contributed by atoms with Gasteiger partial charge in [-0.05, 0) is 65.7 Å². The molecule has 0 fully saturated rings. The number of amides is 1. The molecule has 0 aliphatic carbocycles. The number of methoxy groups -OCH3 is 1. The molecule has 3 aromatic rings. The topological polar surface area (TPSA) is 75.7 Å². The Morgan fingerprint density at radius 2 is 1.72 bits per heavy atom. The van der Waals surface area contributed by atoms with Crippen molar-refractivity contribution in [1.29, 1.82) is 0 Å². The second-order valence-electron chi connectivity index (χ2n) is 7.34. The number of ether oxygens (including phenoxy) is 1. The van der Waals surface area contributed by atoms with Gasteiger partial charge < -0.3 is 10.1 Å². The molecule has 0 unspecified atom stereocenters. The van der Waals surface area contributed by atoms with Gasteiger partial charge in [-0.1, -0.05) is 48.0 Å². The van der Waals surface area contributed by atoms with E-state index in [9.17, 15) is 13.2 Å². The average molecular weight is 517 g/mol. The third-order valence-corrected chi connectivity index (χ3v) is 7.39. The normalized spacial score (nSPS) is 12.1. The van der Waals surface area contributed by atoms with Crippen LogP contribution < -0.4 is 14.4 Å². The number of nitrogens with zero attached hydrogens (tertiary/aromatic N) is 1. The van der Waals surface area contributed by atoms with Gasteiger partial charge in [0, 0.05) is 0 Å². The van der Waals surface area contributed by atoms with Crippen LogP contribution in [0.5, 0.6) is 5.75 Å². The molecule has 0 spiro atoms. The van der Waals surface area contributed by atoms with E-state index in [1.54, 1.807) is 18.2 Å². The lowest BCUT2D eigenvalue weighted by atomic mass is 10.1. The molecule has 0 saturated carbocycles. The monoisotopic (exact) mass is 516 g/mol. The summed E-state index contributed by atoms with van der Waals surface area (Å²) in [6.45, 7) is 3.42. The predicted octanol–water partition coefficient (Wildman–Crippen LogP) is 4.84. The average Bonchev–Trinajstić information content (AvgIpc) is 2.78. The number of carbonyl (C=O) groups excluding carboxylic acids is 1. The van der Waals surface area contributed by atoms with Crippen LogP contribution in [0.4, 0.5) is 5.69 Å². The molecule has 0 aromatic heterocycles. The summed E-state index contributed by atoms with van der Waals surface area (Å²) >= 11 is 3.34. The quantitative estimate of drug-likeness (QED) is 0.464. The highest BCUT2D eigenvalue weighted by Gasteiger charge is 2.28. The van der Waals surface area contributed by atoms with Crippen molar-refractivity contribution in [3.05, 3.63) is 88.4 Å². The number of sulfonamides is 1. The van der Waals surface area contributed by atoms with E-state index in [1.807, 2.05) is 56.3 Å². The Bertz CT molecular complexity index is 1180. The van der Waals surface area contributed by atoms with E-state index in [-0.39, 0.29) is 17.5 Å². The summed E-state index contributed by atoms with van der Waals surface area (Å²) in [7, 11) is -2.52. The minimum Gasteiger partial charge on any atom is -0.496 e. The van der Waals surface area contributed by atoms with Gasteiger partial charge in [-0.3, -0.25) is 9.10 Å². The Kier molecular flexibility index (Phi) is 7.58. The lowest BCUT2D eigenvalue weighted by molar-refractivity contribution is -0.120. The van der Waals surface area contributed by atoms with Crippen LogP contribution in [0, 0.1) is 6.92 Å². The van der Waals surface area contributed by atoms with Gasteiger partial charge in [-0.25, -0.2) is 8.42 Å². The summed E-state index contributed by atoms with van der Waals surface area (Å²) < 4.78 is 33.9. The number of halogens is 1. The Morgan fingerprint density at radius 3 is 2.31 bits per heavy atom. The molecule has 0 aliphatic rings. The smallest absolute Gasteiger partial charge is 0.264 e. The van der Waals surface area contributed by atoms with Crippen molar-refractivity contribution in [2.45, 2.75) is 24.8 Å². The maximum absolute atomic E-state index is 13.5. The molecular formula is C24H25BrN2O4S. The van der Waals surface area contributed by atoms with Crippen molar-refractivity contribution >= 4 is 37.5 Å². The van der Waals surface area contributed by atoms with Crippen LogP contribution in [0.2, 0.25) is 0 Å². The van der Waals surface area contributed by atoms with Crippen LogP contribution >= 0.6 is 15.9 Å². The standard InChI is InChI=1S/C24H25BrN2O4S/c1-17-9-11-20(12-10-17)27(16-24(28)26-18(2)19-7-5-4-6-8-19)32(29,30)21-13-14-23(31-3)22(25)15-21/h4-15,18H,16H2,1-3H3,(H,26,28)/t18-/m0/s1. The first-order valence-corrected chi connectivity index (χ1v) is 12.2. The number of nitrogens with one attached hydrogen (secondary N) is 1. The van der Waals surface area contributed by atoms with Gasteiger partial charge in [0.25, 0.3) is 10.0 Å². The highest BCUT2D eigenvalue weighted by Crippen LogP contribution is 2.30. The van der Waals surface area contributed by atoms with Gasteiger partial charge >= 0.3 is 0 Å². The van der Waals surface area contributed by atoms with Crippen LogP contribution in [-0.4, -0.2) is 28.0 Å². The molecule has 1 atom stereocenters. The van der Waals surface area contributed by atoms with Crippen LogP contribution in [-0.2, 0) is 14.8 Å². The van der Waals surface area contributed by atoms with E-state index in [4.69, 9.17) is 4.74 Å². The van der Waals surface area contributed by atoms with Crippen LogP contribution in [0.25, 0.3) is 0 Å². The molecule has 0 aliphatic heterocycles. The summed E-state index contributed by atoms with van der Waals surface area (Å²) in [5.41, 5.74) is 2.33. The maximum atomic E-state index is 13.5. The lowest BCUT2D eigenvalue weighted by Gasteiger charge is -2.25. The van der Waals surface area contributed by atoms with Gasteiger partial charge in [-0.15, -0.1) is 0 Å². The third-order valence-electron chi connectivity index (χ3n) is 5.00. The molecule has 0 bridgehead atoms. The number of hydrogen-bond acceptors (Lipinski definition) is 4. The number of anilines is 1. The zero-order valence-corrected chi connectivity index (χ0v) is 20.5. The largest absolute Gasteiger partial charge is 0.496 e. The maximum Gasteiger partial charge on any atom is 0.264 e. The summed E-state index contributed by atoms with van der Waals surface area (Å²) in [6, 6.07) is 20.8. The molecule has 32 heavy (non-hydrogen) atoms.